The van der Waals surface area contributed by atoms with Crippen molar-refractivity contribution >= 4 is 11.4 Å². The Labute approximate surface area is 102 Å². The monoisotopic (exact) mass is 224 g/mol. The zero-order valence-electron chi connectivity index (χ0n) is 10.0. The van der Waals surface area contributed by atoms with Crippen LogP contribution in [0.15, 0.2) is 64.8 Å². The summed E-state index contributed by atoms with van der Waals surface area (Å²) in [6.45, 7) is 2.17. The summed E-state index contributed by atoms with van der Waals surface area (Å²) >= 11 is 0. The molecule has 0 bridgehead atoms. The third-order valence-electron chi connectivity index (χ3n) is 2.54. The van der Waals surface area contributed by atoms with Crippen molar-refractivity contribution in [1.82, 2.24) is 0 Å². The Kier molecular flexibility index (Phi) is 4.03. The summed E-state index contributed by atoms with van der Waals surface area (Å²) in [4.78, 5) is 0. The van der Waals surface area contributed by atoms with Crippen molar-refractivity contribution in [3.8, 4) is 0 Å². The van der Waals surface area contributed by atoms with E-state index in [1.165, 1.54) is 5.56 Å². The fraction of sp³-hybridized carbons (Fsp3) is 0.200. The Hall–Kier alpha value is -1.96. The maximum Gasteiger partial charge on any atom is 0.0889 e. The van der Waals surface area contributed by atoms with Gasteiger partial charge in [0.25, 0.3) is 0 Å². The van der Waals surface area contributed by atoms with Crippen molar-refractivity contribution in [2.45, 2.75) is 19.8 Å². The average Bonchev–Trinajstić information content (AvgIpc) is 2.39. The van der Waals surface area contributed by atoms with Crippen molar-refractivity contribution in [3.63, 3.8) is 0 Å². The number of benzene rings is 2. The van der Waals surface area contributed by atoms with Crippen LogP contribution in [0.5, 0.6) is 0 Å². The van der Waals surface area contributed by atoms with Crippen LogP contribution < -0.4 is 0 Å². The van der Waals surface area contributed by atoms with Gasteiger partial charge in [0.05, 0.1) is 11.4 Å². The molecule has 2 aromatic rings. The minimum atomic E-state index is 0.888. The molecule has 2 nitrogen and oxygen atoms in total. The first-order valence-electron chi connectivity index (χ1n) is 5.95. The van der Waals surface area contributed by atoms with Gasteiger partial charge >= 0.3 is 0 Å². The zero-order valence-corrected chi connectivity index (χ0v) is 10.0. The molecule has 0 aliphatic carbocycles. The fourth-order valence-corrected chi connectivity index (χ4v) is 1.70. The molecular weight excluding hydrogens is 208 g/mol. The van der Waals surface area contributed by atoms with Gasteiger partial charge in [0, 0.05) is 0 Å². The van der Waals surface area contributed by atoms with Crippen LogP contribution in [0.1, 0.15) is 18.9 Å². The van der Waals surface area contributed by atoms with Crippen LogP contribution in [0.25, 0.3) is 0 Å². The SMILES string of the molecule is CCCc1ccccc1N=Nc1ccccc1. The zero-order chi connectivity index (χ0) is 11.9. The third-order valence-corrected chi connectivity index (χ3v) is 2.54. The molecular formula is C15H16N2. The maximum atomic E-state index is 4.32. The quantitative estimate of drug-likeness (QED) is 0.649. The number of azo groups is 1. The van der Waals surface area contributed by atoms with Crippen molar-refractivity contribution in [1.29, 1.82) is 0 Å². The van der Waals surface area contributed by atoms with Gasteiger partial charge in [-0.1, -0.05) is 49.7 Å². The van der Waals surface area contributed by atoms with Gasteiger partial charge in [0.2, 0.25) is 0 Å². The topological polar surface area (TPSA) is 24.7 Å². The lowest BCUT2D eigenvalue weighted by Gasteiger charge is -2.01. The smallest absolute Gasteiger partial charge is 0.0889 e. The Balaban J connectivity index is 2.21. The summed E-state index contributed by atoms with van der Waals surface area (Å²) in [5, 5.41) is 8.56. The van der Waals surface area contributed by atoms with E-state index in [9.17, 15) is 0 Å². The average molecular weight is 224 g/mol. The van der Waals surface area contributed by atoms with Crippen molar-refractivity contribution in [2.75, 3.05) is 0 Å². The minimum absolute atomic E-state index is 0.888. The van der Waals surface area contributed by atoms with E-state index in [-0.39, 0.29) is 0 Å². The molecule has 0 saturated heterocycles. The molecule has 0 spiro atoms. The second-order valence-corrected chi connectivity index (χ2v) is 3.91. The molecule has 0 atom stereocenters. The molecule has 0 fully saturated rings. The summed E-state index contributed by atoms with van der Waals surface area (Å²) in [5.74, 6) is 0. The van der Waals surface area contributed by atoms with Gasteiger partial charge in [-0.2, -0.15) is 10.2 Å². The molecule has 0 aliphatic rings. The second kappa shape index (κ2) is 5.94. The summed E-state index contributed by atoms with van der Waals surface area (Å²) in [6.07, 6.45) is 2.17. The van der Waals surface area contributed by atoms with Gasteiger partial charge in [-0.15, -0.1) is 0 Å². The van der Waals surface area contributed by atoms with E-state index in [2.05, 4.69) is 23.2 Å². The van der Waals surface area contributed by atoms with Crippen molar-refractivity contribution in [3.05, 3.63) is 60.2 Å². The normalized spacial score (nSPS) is 10.9. The molecule has 0 radical (unpaired) electrons. The summed E-state index contributed by atoms with van der Waals surface area (Å²) < 4.78 is 0. The van der Waals surface area contributed by atoms with Gasteiger partial charge in [-0.05, 0) is 30.2 Å². The van der Waals surface area contributed by atoms with E-state index in [4.69, 9.17) is 0 Å². The van der Waals surface area contributed by atoms with Crippen LogP contribution in [0, 0.1) is 0 Å². The number of rotatable bonds is 4. The Morgan fingerprint density at radius 2 is 1.53 bits per heavy atom. The first-order chi connectivity index (χ1) is 8.40. The van der Waals surface area contributed by atoms with Crippen LogP contribution in [-0.2, 0) is 6.42 Å². The number of hydrogen-bond donors (Lipinski definition) is 0. The van der Waals surface area contributed by atoms with E-state index in [1.807, 2.05) is 48.5 Å². The molecule has 0 unspecified atom stereocenters. The molecule has 17 heavy (non-hydrogen) atoms. The lowest BCUT2D eigenvalue weighted by Crippen LogP contribution is -1.82. The Bertz CT molecular complexity index is 489. The molecule has 0 amide bonds. The molecule has 2 heteroatoms. The highest BCUT2D eigenvalue weighted by Gasteiger charge is 1.98. The molecule has 86 valence electrons. The van der Waals surface area contributed by atoms with Gasteiger partial charge in [-0.3, -0.25) is 0 Å². The molecule has 0 saturated carbocycles. The predicted molar refractivity (Wildman–Crippen MR) is 71.1 cm³/mol. The van der Waals surface area contributed by atoms with Gasteiger partial charge < -0.3 is 0 Å². The molecule has 0 aromatic heterocycles. The van der Waals surface area contributed by atoms with E-state index in [1.54, 1.807) is 0 Å². The molecule has 0 aliphatic heterocycles. The first kappa shape index (κ1) is 11.5. The van der Waals surface area contributed by atoms with E-state index in [0.717, 1.165) is 24.2 Å². The highest BCUT2D eigenvalue weighted by molar-refractivity contribution is 5.46. The molecule has 2 aromatic carbocycles. The van der Waals surface area contributed by atoms with Crippen LogP contribution in [-0.4, -0.2) is 0 Å². The van der Waals surface area contributed by atoms with Crippen LogP contribution in [0.4, 0.5) is 11.4 Å². The van der Waals surface area contributed by atoms with Crippen molar-refractivity contribution in [2.24, 2.45) is 10.2 Å². The maximum absolute atomic E-state index is 4.32. The Morgan fingerprint density at radius 1 is 0.824 bits per heavy atom. The van der Waals surface area contributed by atoms with E-state index >= 15 is 0 Å². The highest BCUT2D eigenvalue weighted by Crippen LogP contribution is 2.22. The van der Waals surface area contributed by atoms with Crippen LogP contribution in [0.3, 0.4) is 0 Å². The largest absolute Gasteiger partial charge is 0.151 e. The summed E-state index contributed by atoms with van der Waals surface area (Å²) in [7, 11) is 0. The molecule has 0 N–H and O–H groups in total. The highest BCUT2D eigenvalue weighted by atomic mass is 15.1. The first-order valence-corrected chi connectivity index (χ1v) is 5.95. The van der Waals surface area contributed by atoms with Gasteiger partial charge in [0.1, 0.15) is 0 Å². The van der Waals surface area contributed by atoms with Gasteiger partial charge in [0.15, 0.2) is 0 Å². The van der Waals surface area contributed by atoms with Gasteiger partial charge in [-0.25, -0.2) is 0 Å². The minimum Gasteiger partial charge on any atom is -0.151 e. The van der Waals surface area contributed by atoms with Crippen LogP contribution in [0.2, 0.25) is 0 Å². The van der Waals surface area contributed by atoms with Crippen molar-refractivity contribution < 1.29 is 0 Å². The third kappa shape index (κ3) is 3.25. The van der Waals surface area contributed by atoms with E-state index in [0.29, 0.717) is 0 Å². The lowest BCUT2D eigenvalue weighted by molar-refractivity contribution is 0.918. The lowest BCUT2D eigenvalue weighted by atomic mass is 10.1. The Morgan fingerprint density at radius 3 is 2.29 bits per heavy atom. The summed E-state index contributed by atoms with van der Waals surface area (Å²) in [6, 6.07) is 18.0. The second-order valence-electron chi connectivity index (χ2n) is 3.91. The predicted octanol–water partition coefficient (Wildman–Crippen LogP) is 5.05. The van der Waals surface area contributed by atoms with Crippen LogP contribution >= 0.6 is 0 Å². The number of hydrogen-bond acceptors (Lipinski definition) is 2. The molecule has 0 heterocycles. The standard InChI is InChI=1S/C15H16N2/c1-2-8-13-9-6-7-12-15(13)17-16-14-10-4-3-5-11-14/h3-7,9-12H,2,8H2,1H3. The molecule has 2 rings (SSSR count). The van der Waals surface area contributed by atoms with E-state index < -0.39 is 0 Å². The summed E-state index contributed by atoms with van der Waals surface area (Å²) in [5.41, 5.74) is 3.12. The fourth-order valence-electron chi connectivity index (χ4n) is 1.70. The number of nitrogens with zero attached hydrogens (tertiary/aromatic N) is 2. The number of aryl methyl sites for hydroxylation is 1.